The smallest absolute Gasteiger partial charge is 0.345 e. The lowest BCUT2D eigenvalue weighted by atomic mass is 9.89. The lowest BCUT2D eigenvalue weighted by molar-refractivity contribution is -0.133. The zero-order chi connectivity index (χ0) is 27.8. The maximum Gasteiger partial charge on any atom is 0.345 e. The summed E-state index contributed by atoms with van der Waals surface area (Å²) in [5.41, 5.74) is 1.00. The number of aromatic nitrogens is 2. The maximum absolute atomic E-state index is 15.1. The standard InChI is InChI=1S/C28H26F3N5O2S/c1-2-9-28(31)17-36(18-28)25-22(13-32)24(20-5-7-21(8-6-20)37-11-12-38-27(29)30)23(14-33)26(35-25)39-16-19-4-3-10-34-15-19/h3-8,10,15,27H,2,9,11-12,16-18H2,1H3. The minimum absolute atomic E-state index is 0.0667. The molecular formula is C28H26F3N5O2S. The van der Waals surface area contributed by atoms with Gasteiger partial charge >= 0.3 is 6.61 Å². The first-order valence-electron chi connectivity index (χ1n) is 12.3. The van der Waals surface area contributed by atoms with E-state index in [-0.39, 0.29) is 37.4 Å². The molecule has 4 rings (SSSR count). The lowest BCUT2D eigenvalue weighted by Crippen LogP contribution is -2.59. The summed E-state index contributed by atoms with van der Waals surface area (Å²) in [6.07, 6.45) is 4.53. The van der Waals surface area contributed by atoms with Crippen LogP contribution in [0.5, 0.6) is 5.75 Å². The number of nitrogens with zero attached hydrogens (tertiary/aromatic N) is 5. The van der Waals surface area contributed by atoms with Gasteiger partial charge in [-0.05, 0) is 35.7 Å². The first-order valence-corrected chi connectivity index (χ1v) is 13.3. The molecule has 202 valence electrons. The molecule has 0 N–H and O–H groups in total. The van der Waals surface area contributed by atoms with Crippen LogP contribution in [0.1, 0.15) is 36.5 Å². The Balaban J connectivity index is 1.70. The fourth-order valence-corrected chi connectivity index (χ4v) is 5.34. The van der Waals surface area contributed by atoms with E-state index in [0.29, 0.717) is 46.3 Å². The molecule has 11 heteroatoms. The Morgan fingerprint density at radius 3 is 2.46 bits per heavy atom. The van der Waals surface area contributed by atoms with Crippen molar-refractivity contribution in [2.45, 2.75) is 42.8 Å². The summed E-state index contributed by atoms with van der Waals surface area (Å²) in [5, 5.41) is 20.8. The topological polar surface area (TPSA) is 95.1 Å². The number of pyridine rings is 2. The number of nitriles is 2. The van der Waals surface area contributed by atoms with Crippen LogP contribution in [0.4, 0.5) is 19.0 Å². The molecule has 39 heavy (non-hydrogen) atoms. The first-order chi connectivity index (χ1) is 18.9. The van der Waals surface area contributed by atoms with Crippen molar-refractivity contribution >= 4 is 17.6 Å². The Hall–Kier alpha value is -3.80. The average Bonchev–Trinajstić information content (AvgIpc) is 2.93. The van der Waals surface area contributed by atoms with Gasteiger partial charge in [0.05, 0.1) is 25.3 Å². The summed E-state index contributed by atoms with van der Waals surface area (Å²) in [6, 6.07) is 14.8. The van der Waals surface area contributed by atoms with Gasteiger partial charge in [-0.15, -0.1) is 11.8 Å². The number of hydrogen-bond acceptors (Lipinski definition) is 8. The zero-order valence-electron chi connectivity index (χ0n) is 21.2. The van der Waals surface area contributed by atoms with Crippen LogP contribution < -0.4 is 9.64 Å². The molecule has 1 saturated heterocycles. The third kappa shape index (κ3) is 6.80. The molecule has 1 aromatic carbocycles. The third-order valence-corrected chi connectivity index (χ3v) is 7.20. The molecule has 0 spiro atoms. The van der Waals surface area contributed by atoms with Crippen LogP contribution in [-0.4, -0.2) is 48.6 Å². The van der Waals surface area contributed by atoms with Crippen LogP contribution in [0.15, 0.2) is 53.8 Å². The Labute approximate surface area is 229 Å². The molecule has 1 aliphatic rings. The van der Waals surface area contributed by atoms with Crippen molar-refractivity contribution in [3.05, 3.63) is 65.5 Å². The van der Waals surface area contributed by atoms with E-state index in [1.807, 2.05) is 19.1 Å². The summed E-state index contributed by atoms with van der Waals surface area (Å²) in [6.45, 7) is -1.04. The van der Waals surface area contributed by atoms with Crippen molar-refractivity contribution in [1.29, 1.82) is 10.5 Å². The van der Waals surface area contributed by atoms with Crippen LogP contribution in [0.25, 0.3) is 11.1 Å². The van der Waals surface area contributed by atoms with Gasteiger partial charge in [0.1, 0.15) is 46.6 Å². The second-order valence-corrected chi connectivity index (χ2v) is 9.96. The second kappa shape index (κ2) is 12.8. The van der Waals surface area contributed by atoms with Gasteiger partial charge in [0, 0.05) is 23.7 Å². The Morgan fingerprint density at radius 2 is 1.85 bits per heavy atom. The van der Waals surface area contributed by atoms with Gasteiger partial charge in [-0.25, -0.2) is 9.37 Å². The fraction of sp³-hybridized carbons (Fsp3) is 0.357. The summed E-state index contributed by atoms with van der Waals surface area (Å²) in [4.78, 5) is 10.6. The van der Waals surface area contributed by atoms with Gasteiger partial charge in [0.2, 0.25) is 0 Å². The predicted molar refractivity (Wildman–Crippen MR) is 141 cm³/mol. The Kier molecular flexibility index (Phi) is 9.28. The number of rotatable bonds is 12. The number of alkyl halides is 3. The van der Waals surface area contributed by atoms with Crippen LogP contribution in [0.3, 0.4) is 0 Å². The molecule has 0 aliphatic carbocycles. The maximum atomic E-state index is 15.1. The molecule has 0 unspecified atom stereocenters. The normalized spacial score (nSPS) is 14.0. The van der Waals surface area contributed by atoms with Crippen molar-refractivity contribution in [1.82, 2.24) is 9.97 Å². The number of thioether (sulfide) groups is 1. The third-order valence-electron chi connectivity index (χ3n) is 6.15. The van der Waals surface area contributed by atoms with E-state index in [1.54, 1.807) is 41.6 Å². The highest BCUT2D eigenvalue weighted by Crippen LogP contribution is 2.42. The molecule has 1 fully saturated rings. The van der Waals surface area contributed by atoms with E-state index in [4.69, 9.17) is 9.72 Å². The van der Waals surface area contributed by atoms with Crippen molar-refractivity contribution < 1.29 is 22.6 Å². The van der Waals surface area contributed by atoms with E-state index in [0.717, 1.165) is 5.56 Å². The van der Waals surface area contributed by atoms with Crippen molar-refractivity contribution in [3.8, 4) is 29.0 Å². The molecular weight excluding hydrogens is 527 g/mol. The van der Waals surface area contributed by atoms with Gasteiger partial charge in [0.25, 0.3) is 0 Å². The molecule has 0 radical (unpaired) electrons. The van der Waals surface area contributed by atoms with Gasteiger partial charge < -0.3 is 14.4 Å². The van der Waals surface area contributed by atoms with Crippen molar-refractivity contribution in [2.75, 3.05) is 31.2 Å². The molecule has 0 saturated carbocycles. The Bertz CT molecular complexity index is 1350. The van der Waals surface area contributed by atoms with Gasteiger partial charge in [0.15, 0.2) is 0 Å². The highest BCUT2D eigenvalue weighted by atomic mass is 32.2. The summed E-state index contributed by atoms with van der Waals surface area (Å²) < 4.78 is 49.0. The number of anilines is 1. The van der Waals surface area contributed by atoms with Crippen LogP contribution >= 0.6 is 11.8 Å². The quantitative estimate of drug-likeness (QED) is 0.195. The molecule has 3 aromatic rings. The molecule has 2 aromatic heterocycles. The van der Waals surface area contributed by atoms with Crippen LogP contribution in [-0.2, 0) is 10.5 Å². The molecule has 0 bridgehead atoms. The second-order valence-electron chi connectivity index (χ2n) is 9.00. The van der Waals surface area contributed by atoms with Crippen LogP contribution in [0, 0.1) is 22.7 Å². The van der Waals surface area contributed by atoms with E-state index >= 15 is 4.39 Å². The van der Waals surface area contributed by atoms with Gasteiger partial charge in [-0.1, -0.05) is 31.5 Å². The van der Waals surface area contributed by atoms with E-state index < -0.39 is 12.3 Å². The zero-order valence-corrected chi connectivity index (χ0v) is 22.1. The minimum Gasteiger partial charge on any atom is -0.491 e. The summed E-state index contributed by atoms with van der Waals surface area (Å²) in [5.74, 6) is 1.25. The largest absolute Gasteiger partial charge is 0.491 e. The fourth-order valence-electron chi connectivity index (χ4n) is 4.43. The summed E-state index contributed by atoms with van der Waals surface area (Å²) >= 11 is 1.34. The van der Waals surface area contributed by atoms with Crippen molar-refractivity contribution in [2.24, 2.45) is 0 Å². The number of hydrogen-bond donors (Lipinski definition) is 0. The van der Waals surface area contributed by atoms with E-state index in [9.17, 15) is 19.3 Å². The minimum atomic E-state index is -2.87. The lowest BCUT2D eigenvalue weighted by Gasteiger charge is -2.45. The highest BCUT2D eigenvalue weighted by Gasteiger charge is 2.44. The van der Waals surface area contributed by atoms with Crippen LogP contribution in [0.2, 0.25) is 0 Å². The van der Waals surface area contributed by atoms with Crippen molar-refractivity contribution in [3.63, 3.8) is 0 Å². The van der Waals surface area contributed by atoms with Gasteiger partial charge in [-0.2, -0.15) is 19.3 Å². The highest BCUT2D eigenvalue weighted by molar-refractivity contribution is 7.98. The number of benzene rings is 1. The van der Waals surface area contributed by atoms with E-state index in [2.05, 4.69) is 21.9 Å². The predicted octanol–water partition coefficient (Wildman–Crippen LogP) is 6.13. The molecule has 1 aliphatic heterocycles. The number of ether oxygens (including phenoxy) is 2. The molecule has 0 atom stereocenters. The number of halogens is 3. The first kappa shape index (κ1) is 28.2. The van der Waals surface area contributed by atoms with Gasteiger partial charge in [-0.3, -0.25) is 4.98 Å². The average molecular weight is 554 g/mol. The summed E-state index contributed by atoms with van der Waals surface area (Å²) in [7, 11) is 0. The molecule has 3 heterocycles. The SMILES string of the molecule is CCCC1(F)CN(c2nc(SCc3cccnc3)c(C#N)c(-c3ccc(OCCOC(F)F)cc3)c2C#N)C1. The molecule has 7 nitrogen and oxygen atoms in total. The molecule has 0 amide bonds. The van der Waals surface area contributed by atoms with E-state index in [1.165, 1.54) is 11.8 Å². The Morgan fingerprint density at radius 1 is 1.10 bits per heavy atom. The monoisotopic (exact) mass is 553 g/mol.